The summed E-state index contributed by atoms with van der Waals surface area (Å²) in [5, 5.41) is 9.61. The number of nitriles is 1. The number of alkyl halides is 3. The van der Waals surface area contributed by atoms with Crippen molar-refractivity contribution in [3.05, 3.63) is 64.4 Å². The number of ether oxygens (including phenoxy) is 1. The molecule has 8 heteroatoms. The average Bonchev–Trinajstić information content (AvgIpc) is 2.57. The monoisotopic (exact) mass is 368 g/mol. The Morgan fingerprint density at radius 1 is 1.28 bits per heavy atom. The van der Waals surface area contributed by atoms with Gasteiger partial charge in [-0.2, -0.15) is 18.4 Å². The van der Waals surface area contributed by atoms with Crippen molar-refractivity contribution >= 4 is 17.4 Å². The molecule has 2 rings (SSSR count). The lowest BCUT2D eigenvalue weighted by atomic mass is 10.0. The number of carbonyl (C=O) groups excluding carboxylic acids is 1. The summed E-state index contributed by atoms with van der Waals surface area (Å²) in [6.07, 6.45) is -3.94. The second-order valence-electron chi connectivity index (χ2n) is 5.08. The minimum absolute atomic E-state index is 0.0538. The molecular weight excluding hydrogens is 357 g/mol. The molecule has 25 heavy (non-hydrogen) atoms. The van der Waals surface area contributed by atoms with Crippen molar-refractivity contribution in [3.63, 3.8) is 0 Å². The summed E-state index contributed by atoms with van der Waals surface area (Å²) < 4.78 is 42.8. The maximum Gasteiger partial charge on any atom is 0.417 e. The van der Waals surface area contributed by atoms with E-state index in [-0.39, 0.29) is 18.9 Å². The molecule has 0 aliphatic heterocycles. The van der Waals surface area contributed by atoms with Crippen molar-refractivity contribution in [3.8, 4) is 6.07 Å². The van der Waals surface area contributed by atoms with Crippen molar-refractivity contribution in [2.75, 3.05) is 6.61 Å². The third-order valence-corrected chi connectivity index (χ3v) is 3.69. The summed E-state index contributed by atoms with van der Waals surface area (Å²) in [5.74, 6) is -1.89. The summed E-state index contributed by atoms with van der Waals surface area (Å²) in [4.78, 5) is 15.7. The van der Waals surface area contributed by atoms with Gasteiger partial charge in [0.25, 0.3) is 0 Å². The Balaban J connectivity index is 1.99. The molecule has 130 valence electrons. The zero-order valence-corrected chi connectivity index (χ0v) is 13.5. The number of nitrogens with zero attached hydrogens (tertiary/aromatic N) is 2. The van der Waals surface area contributed by atoms with Gasteiger partial charge in [0.15, 0.2) is 5.78 Å². The minimum Gasteiger partial charge on any atom is -0.369 e. The molecule has 0 bridgehead atoms. The van der Waals surface area contributed by atoms with Gasteiger partial charge < -0.3 is 4.74 Å². The minimum atomic E-state index is -4.53. The lowest BCUT2D eigenvalue weighted by Crippen LogP contribution is -2.18. The maximum atomic E-state index is 12.5. The van der Waals surface area contributed by atoms with Gasteiger partial charge in [0.05, 0.1) is 23.9 Å². The standard InChI is InChI=1S/C17H12ClF3N2O2/c18-14-4-2-1-3-11(14)9-25-10-16(24)13(7-22)15-6-5-12(8-23-15)17(19,20)21/h1-6,8,13H,9-10H2. The van der Waals surface area contributed by atoms with Crippen molar-refractivity contribution in [1.29, 1.82) is 5.26 Å². The van der Waals surface area contributed by atoms with E-state index in [2.05, 4.69) is 4.98 Å². The van der Waals surface area contributed by atoms with Crippen molar-refractivity contribution < 1.29 is 22.7 Å². The molecule has 1 unspecified atom stereocenters. The van der Waals surface area contributed by atoms with Gasteiger partial charge >= 0.3 is 6.18 Å². The first-order chi connectivity index (χ1) is 11.8. The summed E-state index contributed by atoms with van der Waals surface area (Å²) in [6.45, 7) is -0.309. The molecule has 2 aromatic rings. The van der Waals surface area contributed by atoms with Crippen molar-refractivity contribution in [1.82, 2.24) is 4.98 Å². The third kappa shape index (κ3) is 5.02. The lowest BCUT2D eigenvalue weighted by molar-refractivity contribution is -0.137. The highest BCUT2D eigenvalue weighted by atomic mass is 35.5. The predicted octanol–water partition coefficient (Wildman–Crippen LogP) is 4.15. The molecule has 0 radical (unpaired) electrons. The first kappa shape index (κ1) is 18.9. The highest BCUT2D eigenvalue weighted by molar-refractivity contribution is 6.31. The Morgan fingerprint density at radius 2 is 2.00 bits per heavy atom. The van der Waals surface area contributed by atoms with Crippen LogP contribution >= 0.6 is 11.6 Å². The first-order valence-corrected chi connectivity index (χ1v) is 7.47. The molecule has 0 amide bonds. The quantitative estimate of drug-likeness (QED) is 0.768. The second kappa shape index (κ2) is 8.10. The van der Waals surface area contributed by atoms with Gasteiger partial charge in [0.1, 0.15) is 12.5 Å². The van der Waals surface area contributed by atoms with Crippen LogP contribution in [-0.2, 0) is 22.3 Å². The largest absolute Gasteiger partial charge is 0.417 e. The van der Waals surface area contributed by atoms with Gasteiger partial charge in [0, 0.05) is 11.2 Å². The molecule has 0 aliphatic rings. The number of pyridine rings is 1. The Hall–Kier alpha value is -2.43. The Labute approximate surface area is 146 Å². The fraction of sp³-hybridized carbons (Fsp3) is 0.235. The molecule has 1 heterocycles. The van der Waals surface area contributed by atoms with Crippen LogP contribution < -0.4 is 0 Å². The molecule has 1 atom stereocenters. The van der Waals surface area contributed by atoms with Crippen molar-refractivity contribution in [2.24, 2.45) is 0 Å². The topological polar surface area (TPSA) is 63.0 Å². The van der Waals surface area contributed by atoms with Crippen LogP contribution in [0.25, 0.3) is 0 Å². The fourth-order valence-corrected chi connectivity index (χ4v) is 2.20. The van der Waals surface area contributed by atoms with Gasteiger partial charge in [-0.05, 0) is 23.8 Å². The van der Waals surface area contributed by atoms with E-state index in [1.807, 2.05) is 0 Å². The number of aromatic nitrogens is 1. The zero-order valence-electron chi connectivity index (χ0n) is 12.8. The molecule has 0 N–H and O–H groups in total. The predicted molar refractivity (Wildman–Crippen MR) is 83.7 cm³/mol. The van der Waals surface area contributed by atoms with Gasteiger partial charge in [-0.25, -0.2) is 0 Å². The number of ketones is 1. The van der Waals surface area contributed by atoms with E-state index in [1.54, 1.807) is 30.3 Å². The van der Waals surface area contributed by atoms with E-state index >= 15 is 0 Å². The first-order valence-electron chi connectivity index (χ1n) is 7.09. The molecule has 4 nitrogen and oxygen atoms in total. The number of hydrogen-bond acceptors (Lipinski definition) is 4. The van der Waals surface area contributed by atoms with E-state index in [0.717, 1.165) is 12.1 Å². The SMILES string of the molecule is N#CC(C(=O)COCc1ccccc1Cl)c1ccc(C(F)(F)F)cn1. The van der Waals surface area contributed by atoms with Gasteiger partial charge in [-0.3, -0.25) is 9.78 Å². The van der Waals surface area contributed by atoms with Crippen molar-refractivity contribution in [2.45, 2.75) is 18.7 Å². The van der Waals surface area contributed by atoms with Crippen LogP contribution in [0.4, 0.5) is 13.2 Å². The molecule has 0 fully saturated rings. The number of rotatable bonds is 6. The second-order valence-corrected chi connectivity index (χ2v) is 5.49. The van der Waals surface area contributed by atoms with Crippen LogP contribution in [-0.4, -0.2) is 17.4 Å². The van der Waals surface area contributed by atoms with Crippen LogP contribution in [0.5, 0.6) is 0 Å². The molecule has 1 aromatic heterocycles. The highest BCUT2D eigenvalue weighted by Crippen LogP contribution is 2.29. The normalized spacial score (nSPS) is 12.4. The van der Waals surface area contributed by atoms with Crippen LogP contribution in [0, 0.1) is 11.3 Å². The molecule has 1 aromatic carbocycles. The smallest absolute Gasteiger partial charge is 0.369 e. The summed E-state index contributed by atoms with van der Waals surface area (Å²) in [6, 6.07) is 10.4. The zero-order chi connectivity index (χ0) is 18.4. The number of hydrogen-bond donors (Lipinski definition) is 0. The average molecular weight is 369 g/mol. The van der Waals surface area contributed by atoms with Gasteiger partial charge in [-0.1, -0.05) is 29.8 Å². The Kier molecular flexibility index (Phi) is 6.12. The number of benzene rings is 1. The molecule has 0 saturated carbocycles. The highest BCUT2D eigenvalue weighted by Gasteiger charge is 2.31. The van der Waals surface area contributed by atoms with Gasteiger partial charge in [-0.15, -0.1) is 0 Å². The van der Waals surface area contributed by atoms with Crippen LogP contribution in [0.1, 0.15) is 22.7 Å². The van der Waals surface area contributed by atoms with E-state index in [9.17, 15) is 18.0 Å². The van der Waals surface area contributed by atoms with E-state index in [1.165, 1.54) is 0 Å². The van der Waals surface area contributed by atoms with Crippen LogP contribution in [0.2, 0.25) is 5.02 Å². The Morgan fingerprint density at radius 3 is 2.56 bits per heavy atom. The molecular formula is C17H12ClF3N2O2. The summed E-state index contributed by atoms with van der Waals surface area (Å²) in [7, 11) is 0. The number of halogens is 4. The third-order valence-electron chi connectivity index (χ3n) is 3.32. The van der Waals surface area contributed by atoms with Gasteiger partial charge in [0.2, 0.25) is 0 Å². The van der Waals surface area contributed by atoms with Crippen LogP contribution in [0.15, 0.2) is 42.6 Å². The summed E-state index contributed by atoms with van der Waals surface area (Å²) >= 11 is 5.96. The lowest BCUT2D eigenvalue weighted by Gasteiger charge is -2.11. The fourth-order valence-electron chi connectivity index (χ4n) is 2.01. The van der Waals surface area contributed by atoms with E-state index < -0.39 is 23.4 Å². The number of carbonyl (C=O) groups is 1. The molecule has 0 spiro atoms. The maximum absolute atomic E-state index is 12.5. The number of Topliss-reactive ketones (excluding diaryl/α,β-unsaturated/α-hetero) is 1. The van der Waals surface area contributed by atoms with E-state index in [4.69, 9.17) is 21.6 Å². The summed E-state index contributed by atoms with van der Waals surface area (Å²) in [5.41, 5.74) is -0.324. The van der Waals surface area contributed by atoms with Crippen LogP contribution in [0.3, 0.4) is 0 Å². The molecule has 0 aliphatic carbocycles. The molecule has 0 saturated heterocycles. The Bertz CT molecular complexity index is 786. The van der Waals surface area contributed by atoms with E-state index in [0.29, 0.717) is 16.8 Å².